The lowest BCUT2D eigenvalue weighted by Crippen LogP contribution is -2.56. The third-order valence-corrected chi connectivity index (χ3v) is 6.45. The molecule has 5 atom stereocenters. The van der Waals surface area contributed by atoms with E-state index in [1.54, 1.807) is 22.9 Å². The predicted molar refractivity (Wildman–Crippen MR) is 112 cm³/mol. The van der Waals surface area contributed by atoms with Gasteiger partial charge in [-0.1, -0.05) is 30.3 Å². The van der Waals surface area contributed by atoms with Gasteiger partial charge in [-0.05, 0) is 54.0 Å². The van der Waals surface area contributed by atoms with Crippen molar-refractivity contribution in [3.05, 3.63) is 71.2 Å². The molecule has 31 heavy (non-hydrogen) atoms. The molecule has 0 bridgehead atoms. The summed E-state index contributed by atoms with van der Waals surface area (Å²) in [5.41, 5.74) is 3.61. The zero-order chi connectivity index (χ0) is 21.7. The molecule has 2 aliphatic rings. The van der Waals surface area contributed by atoms with Crippen molar-refractivity contribution in [2.45, 2.75) is 55.8 Å². The highest BCUT2D eigenvalue weighted by molar-refractivity contribution is 5.85. The lowest BCUT2D eigenvalue weighted by molar-refractivity contribution is -0.250. The minimum atomic E-state index is -1.50. The van der Waals surface area contributed by atoms with Crippen molar-refractivity contribution >= 4 is 10.9 Å². The summed E-state index contributed by atoms with van der Waals surface area (Å²) in [4.78, 5) is 0. The van der Waals surface area contributed by atoms with Gasteiger partial charge >= 0.3 is 0 Å². The van der Waals surface area contributed by atoms with Crippen molar-refractivity contribution in [3.8, 4) is 0 Å². The minimum Gasteiger partial charge on any atom is -0.394 e. The van der Waals surface area contributed by atoms with Gasteiger partial charge in [-0.25, -0.2) is 4.39 Å². The third-order valence-electron chi connectivity index (χ3n) is 6.45. The molecule has 6 nitrogen and oxygen atoms in total. The number of ether oxygens (including phenoxy) is 1. The van der Waals surface area contributed by atoms with Crippen LogP contribution in [0.3, 0.4) is 0 Å². The van der Waals surface area contributed by atoms with Crippen molar-refractivity contribution in [3.63, 3.8) is 0 Å². The highest BCUT2D eigenvalue weighted by Crippen LogP contribution is 2.40. The summed E-state index contributed by atoms with van der Waals surface area (Å²) in [6.07, 6.45) is -1.82. The maximum absolute atomic E-state index is 14.8. The average molecular weight is 427 g/mol. The minimum absolute atomic E-state index is 0.384. The van der Waals surface area contributed by atoms with Crippen LogP contribution in [0.2, 0.25) is 0 Å². The largest absolute Gasteiger partial charge is 0.394 e. The summed E-state index contributed by atoms with van der Waals surface area (Å²) in [6, 6.07) is 13.1. The van der Waals surface area contributed by atoms with Gasteiger partial charge in [-0.15, -0.1) is 0 Å². The molecule has 5 rings (SSSR count). The SMILES string of the molecule is OCC1OC(n2cc(Cc3ccc(C4CC4)cc3)c3c(F)cccc32)[C@H](O)C(O)[C@@H]1O. The van der Waals surface area contributed by atoms with Crippen LogP contribution < -0.4 is 0 Å². The fourth-order valence-electron chi connectivity index (χ4n) is 4.55. The number of hydrogen-bond donors (Lipinski definition) is 4. The summed E-state index contributed by atoms with van der Waals surface area (Å²) in [5, 5.41) is 40.8. The van der Waals surface area contributed by atoms with Crippen LogP contribution in [-0.4, -0.2) is 56.0 Å². The Morgan fingerprint density at radius 1 is 0.968 bits per heavy atom. The number of fused-ring (bicyclic) bond motifs is 1. The second-order valence-electron chi connectivity index (χ2n) is 8.61. The van der Waals surface area contributed by atoms with Gasteiger partial charge in [0, 0.05) is 11.6 Å². The Labute approximate surface area is 179 Å². The molecule has 1 saturated heterocycles. The van der Waals surface area contributed by atoms with Gasteiger partial charge in [0.1, 0.15) is 30.2 Å². The Morgan fingerprint density at radius 2 is 1.71 bits per heavy atom. The molecule has 1 saturated carbocycles. The number of aliphatic hydroxyl groups is 4. The first-order valence-corrected chi connectivity index (χ1v) is 10.6. The summed E-state index contributed by atoms with van der Waals surface area (Å²) in [6.45, 7) is -0.519. The van der Waals surface area contributed by atoms with Gasteiger partial charge in [-0.3, -0.25) is 0 Å². The summed E-state index contributed by atoms with van der Waals surface area (Å²) < 4.78 is 22.1. The van der Waals surface area contributed by atoms with Crippen LogP contribution in [0.25, 0.3) is 10.9 Å². The molecule has 3 unspecified atom stereocenters. The highest BCUT2D eigenvalue weighted by atomic mass is 19.1. The zero-order valence-electron chi connectivity index (χ0n) is 16.9. The van der Waals surface area contributed by atoms with Gasteiger partial charge in [0.25, 0.3) is 0 Å². The number of halogens is 1. The van der Waals surface area contributed by atoms with Crippen molar-refractivity contribution in [1.82, 2.24) is 4.57 Å². The molecule has 2 heterocycles. The average Bonchev–Trinajstić information content (AvgIpc) is 3.56. The number of hydrogen-bond acceptors (Lipinski definition) is 5. The van der Waals surface area contributed by atoms with E-state index in [4.69, 9.17) is 4.74 Å². The topological polar surface area (TPSA) is 95.1 Å². The van der Waals surface area contributed by atoms with Crippen LogP contribution >= 0.6 is 0 Å². The fourth-order valence-corrected chi connectivity index (χ4v) is 4.55. The predicted octanol–water partition coefficient (Wildman–Crippen LogP) is 2.22. The van der Waals surface area contributed by atoms with E-state index in [0.29, 0.717) is 23.2 Å². The van der Waals surface area contributed by atoms with E-state index in [2.05, 4.69) is 24.3 Å². The van der Waals surface area contributed by atoms with E-state index < -0.39 is 37.3 Å². The number of benzene rings is 2. The van der Waals surface area contributed by atoms with E-state index in [-0.39, 0.29) is 5.82 Å². The van der Waals surface area contributed by atoms with E-state index in [1.807, 2.05) is 0 Å². The Bertz CT molecular complexity index is 1080. The lowest BCUT2D eigenvalue weighted by Gasteiger charge is -2.40. The molecule has 1 aliphatic heterocycles. The Balaban J connectivity index is 1.53. The van der Waals surface area contributed by atoms with Crippen LogP contribution in [0.15, 0.2) is 48.7 Å². The number of nitrogens with zero attached hydrogens (tertiary/aromatic N) is 1. The third kappa shape index (κ3) is 3.66. The first-order valence-electron chi connectivity index (χ1n) is 10.6. The molecule has 7 heteroatoms. The quantitative estimate of drug-likeness (QED) is 0.501. The van der Waals surface area contributed by atoms with Gasteiger partial charge in [-0.2, -0.15) is 0 Å². The molecule has 0 radical (unpaired) electrons. The van der Waals surface area contributed by atoms with Crippen LogP contribution in [0.4, 0.5) is 4.39 Å². The second-order valence-corrected chi connectivity index (χ2v) is 8.61. The first-order chi connectivity index (χ1) is 15.0. The fraction of sp³-hybridized carbons (Fsp3) is 0.417. The van der Waals surface area contributed by atoms with E-state index in [0.717, 1.165) is 11.1 Å². The summed E-state index contributed by atoms with van der Waals surface area (Å²) >= 11 is 0. The summed E-state index contributed by atoms with van der Waals surface area (Å²) in [7, 11) is 0. The molecule has 2 aromatic carbocycles. The Morgan fingerprint density at radius 3 is 2.39 bits per heavy atom. The number of aliphatic hydroxyl groups excluding tert-OH is 4. The summed E-state index contributed by atoms with van der Waals surface area (Å²) in [5.74, 6) is 0.282. The number of aromatic nitrogens is 1. The van der Waals surface area contributed by atoms with Gasteiger partial charge in [0.2, 0.25) is 0 Å². The smallest absolute Gasteiger partial charge is 0.163 e. The molecule has 2 fully saturated rings. The van der Waals surface area contributed by atoms with Crippen LogP contribution in [0.1, 0.15) is 41.7 Å². The van der Waals surface area contributed by atoms with Crippen molar-refractivity contribution < 1.29 is 29.6 Å². The maximum atomic E-state index is 14.8. The normalized spacial score (nSPS) is 28.9. The molecule has 3 aromatic rings. The zero-order valence-corrected chi connectivity index (χ0v) is 16.9. The molecule has 0 amide bonds. The van der Waals surface area contributed by atoms with Crippen LogP contribution in [-0.2, 0) is 11.2 Å². The van der Waals surface area contributed by atoms with Crippen molar-refractivity contribution in [2.24, 2.45) is 0 Å². The molecule has 1 aliphatic carbocycles. The van der Waals surface area contributed by atoms with E-state index in [9.17, 15) is 24.8 Å². The highest BCUT2D eigenvalue weighted by Gasteiger charge is 2.44. The number of rotatable bonds is 5. The van der Waals surface area contributed by atoms with Crippen molar-refractivity contribution in [2.75, 3.05) is 6.61 Å². The Hall–Kier alpha value is -2.29. The van der Waals surface area contributed by atoms with Crippen LogP contribution in [0, 0.1) is 5.82 Å². The van der Waals surface area contributed by atoms with Crippen molar-refractivity contribution in [1.29, 1.82) is 0 Å². The van der Waals surface area contributed by atoms with Gasteiger partial charge < -0.3 is 29.7 Å². The lowest BCUT2D eigenvalue weighted by atomic mass is 9.98. The first kappa shape index (κ1) is 20.6. The van der Waals surface area contributed by atoms with E-state index in [1.165, 1.54) is 24.5 Å². The van der Waals surface area contributed by atoms with E-state index >= 15 is 0 Å². The molecular weight excluding hydrogens is 401 g/mol. The standard InChI is InChI=1S/C24H26FNO5/c25-17-2-1-3-18-20(17)16(10-13-4-6-14(7-5-13)15-8-9-15)11-26(18)24-23(30)22(29)21(28)19(12-27)31-24/h1-7,11,15,19,21-24,27-30H,8-10,12H2/t19?,21-,22?,23-,24?/m1/s1. The monoisotopic (exact) mass is 427 g/mol. The molecule has 4 N–H and O–H groups in total. The van der Waals surface area contributed by atoms with Gasteiger partial charge in [0.15, 0.2) is 6.23 Å². The van der Waals surface area contributed by atoms with Gasteiger partial charge in [0.05, 0.1) is 12.1 Å². The molecule has 164 valence electrons. The molecular formula is C24H26FNO5. The maximum Gasteiger partial charge on any atom is 0.163 e. The molecule has 0 spiro atoms. The molecule has 1 aromatic heterocycles. The van der Waals surface area contributed by atoms with Crippen LogP contribution in [0.5, 0.6) is 0 Å². The second kappa shape index (κ2) is 8.00. The Kier molecular flexibility index (Phi) is 5.32.